The number of nitrogens with zero attached hydrogens (tertiary/aromatic N) is 2. The number of hydrogen-bond donors (Lipinski definition) is 2. The van der Waals surface area contributed by atoms with E-state index in [1.165, 1.54) is 6.33 Å². The highest BCUT2D eigenvalue weighted by Crippen LogP contribution is 2.34. The first-order valence-electron chi connectivity index (χ1n) is 9.85. The Bertz CT molecular complexity index is 969. The van der Waals surface area contributed by atoms with Gasteiger partial charge >= 0.3 is 0 Å². The minimum absolute atomic E-state index is 0.0997. The highest BCUT2D eigenvalue weighted by atomic mass is 35.5. The lowest BCUT2D eigenvalue weighted by Gasteiger charge is -2.32. The van der Waals surface area contributed by atoms with Crippen molar-refractivity contribution in [2.75, 3.05) is 6.61 Å². The molecule has 0 aliphatic carbocycles. The lowest BCUT2D eigenvalue weighted by molar-refractivity contribution is -0.113. The van der Waals surface area contributed by atoms with Crippen LogP contribution in [0.4, 0.5) is 0 Å². The SMILES string of the molecule is OCC1CC(O)CC(c2ccc(Cl)c(Cc3ccc(Oc4cncnc4)cc3)c2)O1. The van der Waals surface area contributed by atoms with Crippen LogP contribution in [0.25, 0.3) is 0 Å². The highest BCUT2D eigenvalue weighted by molar-refractivity contribution is 6.31. The van der Waals surface area contributed by atoms with E-state index in [4.69, 9.17) is 21.1 Å². The van der Waals surface area contributed by atoms with E-state index in [0.29, 0.717) is 35.8 Å². The van der Waals surface area contributed by atoms with Crippen LogP contribution >= 0.6 is 11.6 Å². The van der Waals surface area contributed by atoms with E-state index in [2.05, 4.69) is 9.97 Å². The predicted octanol–water partition coefficient (Wildman–Crippen LogP) is 4.09. The predicted molar refractivity (Wildman–Crippen MR) is 113 cm³/mol. The first-order valence-corrected chi connectivity index (χ1v) is 10.2. The third-order valence-corrected chi connectivity index (χ3v) is 5.48. The minimum Gasteiger partial charge on any atom is -0.454 e. The molecule has 1 saturated heterocycles. The molecule has 2 N–H and O–H groups in total. The largest absolute Gasteiger partial charge is 0.454 e. The van der Waals surface area contributed by atoms with Gasteiger partial charge in [0.25, 0.3) is 0 Å². The number of ether oxygens (including phenoxy) is 2. The summed E-state index contributed by atoms with van der Waals surface area (Å²) in [6, 6.07) is 13.6. The molecule has 3 atom stereocenters. The monoisotopic (exact) mass is 426 g/mol. The Kier molecular flexibility index (Phi) is 6.59. The maximum atomic E-state index is 10.1. The molecular weight excluding hydrogens is 404 g/mol. The van der Waals surface area contributed by atoms with Crippen LogP contribution in [0.5, 0.6) is 11.5 Å². The van der Waals surface area contributed by atoms with Gasteiger partial charge in [0.15, 0.2) is 5.75 Å². The molecule has 156 valence electrons. The lowest BCUT2D eigenvalue weighted by Crippen LogP contribution is -2.33. The van der Waals surface area contributed by atoms with Gasteiger partial charge < -0.3 is 19.7 Å². The van der Waals surface area contributed by atoms with Crippen LogP contribution < -0.4 is 4.74 Å². The van der Waals surface area contributed by atoms with Gasteiger partial charge in [0.05, 0.1) is 37.3 Å². The van der Waals surface area contributed by atoms with E-state index >= 15 is 0 Å². The molecule has 7 heteroatoms. The normalized spacial score (nSPS) is 21.4. The first kappa shape index (κ1) is 20.8. The van der Waals surface area contributed by atoms with E-state index in [0.717, 1.165) is 16.7 Å². The summed E-state index contributed by atoms with van der Waals surface area (Å²) in [4.78, 5) is 7.87. The smallest absolute Gasteiger partial charge is 0.163 e. The summed E-state index contributed by atoms with van der Waals surface area (Å²) in [5, 5.41) is 20.2. The molecule has 0 amide bonds. The summed E-state index contributed by atoms with van der Waals surface area (Å²) in [7, 11) is 0. The van der Waals surface area contributed by atoms with Gasteiger partial charge in [-0.2, -0.15) is 0 Å². The summed E-state index contributed by atoms with van der Waals surface area (Å²) in [5.41, 5.74) is 3.02. The second kappa shape index (κ2) is 9.53. The number of benzene rings is 2. The van der Waals surface area contributed by atoms with Crippen LogP contribution in [0.15, 0.2) is 61.2 Å². The van der Waals surface area contributed by atoms with Gasteiger partial charge in [-0.05, 0) is 41.3 Å². The molecule has 0 bridgehead atoms. The molecule has 0 saturated carbocycles. The van der Waals surface area contributed by atoms with Crippen LogP contribution in [0, 0.1) is 0 Å². The van der Waals surface area contributed by atoms with Gasteiger partial charge in [0, 0.05) is 17.9 Å². The van der Waals surface area contributed by atoms with E-state index < -0.39 is 6.10 Å². The molecule has 0 radical (unpaired) electrons. The number of aliphatic hydroxyl groups is 2. The first-order chi connectivity index (χ1) is 14.6. The number of aromatic nitrogens is 2. The molecule has 0 spiro atoms. The van der Waals surface area contributed by atoms with Crippen molar-refractivity contribution in [1.29, 1.82) is 0 Å². The van der Waals surface area contributed by atoms with Gasteiger partial charge in [-0.25, -0.2) is 9.97 Å². The zero-order valence-electron chi connectivity index (χ0n) is 16.3. The molecule has 4 rings (SSSR count). The van der Waals surface area contributed by atoms with Crippen molar-refractivity contribution in [3.8, 4) is 11.5 Å². The van der Waals surface area contributed by atoms with E-state index in [1.807, 2.05) is 42.5 Å². The Morgan fingerprint density at radius 3 is 2.53 bits per heavy atom. The van der Waals surface area contributed by atoms with Crippen LogP contribution in [-0.4, -0.2) is 39.0 Å². The van der Waals surface area contributed by atoms with Gasteiger partial charge in [0.2, 0.25) is 0 Å². The summed E-state index contributed by atoms with van der Waals surface area (Å²) < 4.78 is 11.7. The topological polar surface area (TPSA) is 84.7 Å². The Hall–Kier alpha value is -2.51. The summed E-state index contributed by atoms with van der Waals surface area (Å²) in [5.74, 6) is 1.28. The standard InChI is InChI=1S/C23H23ClN2O4/c24-22-6-3-16(23-10-18(28)9-20(13-27)30-23)8-17(22)7-15-1-4-19(5-2-15)29-21-11-25-14-26-12-21/h1-6,8,11-12,14,18,20,23,27-28H,7,9-10,13H2. The average molecular weight is 427 g/mol. The zero-order valence-corrected chi connectivity index (χ0v) is 17.1. The summed E-state index contributed by atoms with van der Waals surface area (Å²) in [6.45, 7) is -0.0997. The van der Waals surface area contributed by atoms with Crippen LogP contribution in [-0.2, 0) is 11.2 Å². The van der Waals surface area contributed by atoms with Gasteiger partial charge in [-0.15, -0.1) is 0 Å². The number of halogens is 1. The van der Waals surface area contributed by atoms with E-state index in [1.54, 1.807) is 12.4 Å². The van der Waals surface area contributed by atoms with E-state index in [9.17, 15) is 10.2 Å². The fraction of sp³-hybridized carbons (Fsp3) is 0.304. The lowest BCUT2D eigenvalue weighted by atomic mass is 9.94. The fourth-order valence-electron chi connectivity index (χ4n) is 3.62. The van der Waals surface area contributed by atoms with Crippen molar-refractivity contribution in [3.63, 3.8) is 0 Å². The molecule has 6 nitrogen and oxygen atoms in total. The summed E-state index contributed by atoms with van der Waals surface area (Å²) in [6.07, 6.45) is 5.20. The number of rotatable bonds is 6. The molecular formula is C23H23ClN2O4. The van der Waals surface area contributed by atoms with Crippen molar-refractivity contribution in [3.05, 3.63) is 82.9 Å². The van der Waals surface area contributed by atoms with Crippen molar-refractivity contribution in [2.24, 2.45) is 0 Å². The zero-order chi connectivity index (χ0) is 20.9. The van der Waals surface area contributed by atoms with Crippen LogP contribution in [0.2, 0.25) is 5.02 Å². The highest BCUT2D eigenvalue weighted by Gasteiger charge is 2.29. The Morgan fingerprint density at radius 2 is 1.80 bits per heavy atom. The van der Waals surface area contributed by atoms with Crippen LogP contribution in [0.1, 0.15) is 35.6 Å². The molecule has 2 aromatic carbocycles. The molecule has 1 aliphatic rings. The Morgan fingerprint density at radius 1 is 1.03 bits per heavy atom. The van der Waals surface area contributed by atoms with E-state index in [-0.39, 0.29) is 18.8 Å². The maximum absolute atomic E-state index is 10.1. The Balaban J connectivity index is 1.47. The average Bonchev–Trinajstić information content (AvgIpc) is 2.77. The van der Waals surface area contributed by atoms with Gasteiger partial charge in [-0.3, -0.25) is 0 Å². The van der Waals surface area contributed by atoms with Crippen molar-refractivity contribution in [1.82, 2.24) is 9.97 Å². The molecule has 3 unspecified atom stereocenters. The molecule has 30 heavy (non-hydrogen) atoms. The van der Waals surface area contributed by atoms with Gasteiger partial charge in [0.1, 0.15) is 12.1 Å². The van der Waals surface area contributed by atoms with Crippen molar-refractivity contribution in [2.45, 2.75) is 37.6 Å². The van der Waals surface area contributed by atoms with Crippen molar-refractivity contribution >= 4 is 11.6 Å². The second-order valence-electron chi connectivity index (χ2n) is 7.40. The van der Waals surface area contributed by atoms with Crippen molar-refractivity contribution < 1.29 is 19.7 Å². The molecule has 1 fully saturated rings. The molecule has 3 aromatic rings. The third kappa shape index (κ3) is 5.15. The maximum Gasteiger partial charge on any atom is 0.163 e. The van der Waals surface area contributed by atoms with Crippen LogP contribution in [0.3, 0.4) is 0 Å². The minimum atomic E-state index is -0.484. The molecule has 2 heterocycles. The number of hydrogen-bond acceptors (Lipinski definition) is 6. The molecule has 1 aromatic heterocycles. The Labute approximate surface area is 180 Å². The summed E-state index contributed by atoms with van der Waals surface area (Å²) >= 11 is 6.44. The second-order valence-corrected chi connectivity index (χ2v) is 7.81. The fourth-order valence-corrected chi connectivity index (χ4v) is 3.81. The van der Waals surface area contributed by atoms with Gasteiger partial charge in [-0.1, -0.05) is 35.9 Å². The quantitative estimate of drug-likeness (QED) is 0.617. The molecule has 1 aliphatic heterocycles. The number of aliphatic hydroxyl groups excluding tert-OH is 2. The third-order valence-electron chi connectivity index (χ3n) is 5.11.